The molecule has 0 bridgehead atoms. The first-order valence-corrected chi connectivity index (χ1v) is 12.0. The van der Waals surface area contributed by atoms with Gasteiger partial charge in [0.05, 0.1) is 12.0 Å². The van der Waals surface area contributed by atoms with Gasteiger partial charge in [0.2, 0.25) is 5.91 Å². The van der Waals surface area contributed by atoms with Crippen molar-refractivity contribution in [3.05, 3.63) is 46.4 Å². The first-order valence-electron chi connectivity index (χ1n) is 11.2. The molecule has 2 aromatic carbocycles. The third-order valence-corrected chi connectivity index (χ3v) is 6.69. The molecule has 7 nitrogen and oxygen atoms in total. The van der Waals surface area contributed by atoms with Crippen LogP contribution < -0.4 is 15.0 Å². The highest BCUT2D eigenvalue weighted by atomic mass is 79.9. The lowest BCUT2D eigenvalue weighted by molar-refractivity contribution is -0.116. The number of carbonyl (C=O) groups is 1. The summed E-state index contributed by atoms with van der Waals surface area (Å²) in [5.41, 5.74) is 2.90. The molecule has 0 aliphatic carbocycles. The number of carbonyl (C=O) groups excluding carboxylic acids is 1. The molecule has 0 spiro atoms. The maximum Gasteiger partial charge on any atom is 0.224 e. The highest BCUT2D eigenvalue weighted by Crippen LogP contribution is 2.30. The van der Waals surface area contributed by atoms with E-state index in [4.69, 9.17) is 9.26 Å². The Labute approximate surface area is 208 Å². The van der Waals surface area contributed by atoms with Gasteiger partial charge in [-0.25, -0.2) is 0 Å². The quantitative estimate of drug-likeness (QED) is 0.435. The second kappa shape index (κ2) is 10.8. The van der Waals surface area contributed by atoms with Crippen molar-refractivity contribution in [3.8, 4) is 5.75 Å². The van der Waals surface area contributed by atoms with Crippen LogP contribution in [0.3, 0.4) is 0 Å². The summed E-state index contributed by atoms with van der Waals surface area (Å²) in [5, 5.41) is 8.29. The van der Waals surface area contributed by atoms with Crippen molar-refractivity contribution in [2.75, 3.05) is 49.5 Å². The molecule has 0 unspecified atom stereocenters. The van der Waals surface area contributed by atoms with Crippen LogP contribution in [0, 0.1) is 0 Å². The van der Waals surface area contributed by atoms with E-state index in [-0.39, 0.29) is 18.3 Å². The van der Waals surface area contributed by atoms with Crippen LogP contribution >= 0.6 is 28.3 Å². The second-order valence-corrected chi connectivity index (χ2v) is 9.31. The summed E-state index contributed by atoms with van der Waals surface area (Å²) in [6, 6.07) is 12.0. The first kappa shape index (κ1) is 23.9. The van der Waals surface area contributed by atoms with E-state index >= 15 is 0 Å². The SMILES string of the molecule is Cl.O=C1CCc2ccc(OCCCCN3CCN(c4noc5ccc(Br)cc45)CC3)cc2N1. The molecule has 1 fully saturated rings. The molecule has 9 heteroatoms. The fourth-order valence-corrected chi connectivity index (χ4v) is 4.74. The van der Waals surface area contributed by atoms with Crippen LogP contribution in [0.4, 0.5) is 11.5 Å². The van der Waals surface area contributed by atoms with E-state index in [0.29, 0.717) is 13.0 Å². The Morgan fingerprint density at radius 1 is 1.06 bits per heavy atom. The largest absolute Gasteiger partial charge is 0.494 e. The summed E-state index contributed by atoms with van der Waals surface area (Å²) in [6.45, 7) is 5.70. The number of amides is 1. The van der Waals surface area contributed by atoms with Crippen LogP contribution in [0.2, 0.25) is 0 Å². The van der Waals surface area contributed by atoms with E-state index in [0.717, 1.165) is 84.7 Å². The van der Waals surface area contributed by atoms with Gasteiger partial charge in [0.1, 0.15) is 5.75 Å². The topological polar surface area (TPSA) is 70.8 Å². The van der Waals surface area contributed by atoms with Crippen LogP contribution in [0.15, 0.2) is 45.4 Å². The second-order valence-electron chi connectivity index (χ2n) is 8.40. The predicted molar refractivity (Wildman–Crippen MR) is 136 cm³/mol. The number of benzene rings is 2. The Kier molecular flexibility index (Phi) is 7.78. The molecular formula is C24H28BrClN4O3. The zero-order valence-electron chi connectivity index (χ0n) is 18.4. The van der Waals surface area contributed by atoms with Crippen molar-refractivity contribution in [1.82, 2.24) is 10.1 Å². The van der Waals surface area contributed by atoms with Gasteiger partial charge in [-0.2, -0.15) is 0 Å². The standard InChI is InChI=1S/C24H27BrN4O3.ClH/c25-18-5-7-22-20(15-18)24(27-32-22)29-12-10-28(11-13-29)9-1-2-14-31-19-6-3-17-4-8-23(30)26-21(17)16-19;/h3,5-7,15-16H,1-2,4,8-14H2,(H,26,30);1H. The minimum Gasteiger partial charge on any atom is -0.494 e. The van der Waals surface area contributed by atoms with Gasteiger partial charge in [-0.1, -0.05) is 27.2 Å². The molecule has 0 saturated carbocycles. The van der Waals surface area contributed by atoms with Crippen LogP contribution in [0.25, 0.3) is 11.0 Å². The Balaban J connectivity index is 0.00000259. The average Bonchev–Trinajstić information content (AvgIpc) is 3.22. The molecule has 33 heavy (non-hydrogen) atoms. The molecule has 1 saturated heterocycles. The van der Waals surface area contributed by atoms with Gasteiger partial charge in [-0.15, -0.1) is 12.4 Å². The van der Waals surface area contributed by atoms with Gasteiger partial charge in [-0.05, 0) is 55.6 Å². The van der Waals surface area contributed by atoms with E-state index in [9.17, 15) is 4.79 Å². The van der Waals surface area contributed by atoms with Crippen molar-refractivity contribution in [1.29, 1.82) is 0 Å². The maximum atomic E-state index is 11.6. The molecule has 0 radical (unpaired) electrons. The van der Waals surface area contributed by atoms with E-state index in [1.165, 1.54) is 5.56 Å². The van der Waals surface area contributed by atoms with E-state index in [2.05, 4.69) is 48.3 Å². The number of aryl methyl sites for hydroxylation is 1. The highest BCUT2D eigenvalue weighted by Gasteiger charge is 2.21. The molecular weight excluding hydrogens is 508 g/mol. The lowest BCUT2D eigenvalue weighted by Gasteiger charge is -2.34. The molecule has 1 aromatic heterocycles. The summed E-state index contributed by atoms with van der Waals surface area (Å²) < 4.78 is 12.4. The number of aromatic nitrogens is 1. The minimum atomic E-state index is 0. The normalized spacial score (nSPS) is 16.3. The number of fused-ring (bicyclic) bond motifs is 2. The molecule has 5 rings (SSSR count). The average molecular weight is 536 g/mol. The van der Waals surface area contributed by atoms with Gasteiger partial charge in [-0.3, -0.25) is 9.69 Å². The highest BCUT2D eigenvalue weighted by molar-refractivity contribution is 9.10. The number of halogens is 2. The van der Waals surface area contributed by atoms with Crippen molar-refractivity contribution < 1.29 is 14.1 Å². The molecule has 2 aliphatic heterocycles. The fourth-order valence-electron chi connectivity index (χ4n) is 4.38. The first-order chi connectivity index (χ1) is 15.7. The number of anilines is 2. The Morgan fingerprint density at radius 3 is 2.76 bits per heavy atom. The molecule has 2 aliphatic rings. The lowest BCUT2D eigenvalue weighted by atomic mass is 10.0. The third-order valence-electron chi connectivity index (χ3n) is 6.20. The minimum absolute atomic E-state index is 0. The van der Waals surface area contributed by atoms with Crippen LogP contribution in [-0.4, -0.2) is 55.3 Å². The maximum absolute atomic E-state index is 11.6. The Bertz CT molecular complexity index is 1110. The van der Waals surface area contributed by atoms with E-state index in [1.54, 1.807) is 0 Å². The summed E-state index contributed by atoms with van der Waals surface area (Å²) >= 11 is 3.54. The smallest absolute Gasteiger partial charge is 0.224 e. The van der Waals surface area contributed by atoms with Crippen molar-refractivity contribution in [2.45, 2.75) is 25.7 Å². The number of piperazine rings is 1. The Hall–Kier alpha value is -2.29. The number of nitrogens with zero attached hydrogens (tertiary/aromatic N) is 3. The van der Waals surface area contributed by atoms with Gasteiger partial charge in [0.15, 0.2) is 11.4 Å². The molecule has 0 atom stereocenters. The summed E-state index contributed by atoms with van der Waals surface area (Å²) in [7, 11) is 0. The van der Waals surface area contributed by atoms with Crippen molar-refractivity contribution >= 4 is 56.7 Å². The molecule has 176 valence electrons. The predicted octanol–water partition coefficient (Wildman–Crippen LogP) is 4.88. The zero-order valence-corrected chi connectivity index (χ0v) is 20.8. The van der Waals surface area contributed by atoms with Crippen molar-refractivity contribution in [2.24, 2.45) is 0 Å². The van der Waals surface area contributed by atoms with Gasteiger partial charge in [0, 0.05) is 48.8 Å². The lowest BCUT2D eigenvalue weighted by Crippen LogP contribution is -2.46. The fraction of sp³-hybridized carbons (Fsp3) is 0.417. The number of hydrogen-bond donors (Lipinski definition) is 1. The summed E-state index contributed by atoms with van der Waals surface area (Å²) in [4.78, 5) is 16.4. The molecule has 1 N–H and O–H groups in total. The van der Waals surface area contributed by atoms with Crippen LogP contribution in [-0.2, 0) is 11.2 Å². The number of hydrogen-bond acceptors (Lipinski definition) is 6. The number of unbranched alkanes of at least 4 members (excludes halogenated alkanes) is 1. The van der Waals surface area contributed by atoms with Crippen LogP contribution in [0.5, 0.6) is 5.75 Å². The van der Waals surface area contributed by atoms with Crippen LogP contribution in [0.1, 0.15) is 24.8 Å². The summed E-state index contributed by atoms with van der Waals surface area (Å²) in [5.74, 6) is 1.85. The van der Waals surface area contributed by atoms with Gasteiger partial charge >= 0.3 is 0 Å². The monoisotopic (exact) mass is 534 g/mol. The number of ether oxygens (including phenoxy) is 1. The summed E-state index contributed by atoms with van der Waals surface area (Å²) in [6.07, 6.45) is 3.47. The molecule has 3 aromatic rings. The molecule has 1 amide bonds. The Morgan fingerprint density at radius 2 is 1.91 bits per heavy atom. The van der Waals surface area contributed by atoms with E-state index in [1.807, 2.05) is 24.3 Å². The number of rotatable bonds is 7. The molecule has 3 heterocycles. The number of nitrogens with one attached hydrogen (secondary N) is 1. The van der Waals surface area contributed by atoms with Gasteiger partial charge < -0.3 is 19.5 Å². The zero-order chi connectivity index (χ0) is 21.9. The third kappa shape index (κ3) is 5.62. The van der Waals surface area contributed by atoms with E-state index < -0.39 is 0 Å². The van der Waals surface area contributed by atoms with Crippen molar-refractivity contribution in [3.63, 3.8) is 0 Å². The van der Waals surface area contributed by atoms with Gasteiger partial charge in [0.25, 0.3) is 0 Å².